The SMILES string of the molecule is CC1NCCCC1NC(=O)c1cccc(S(C)(=O)=O)c1.Cl. The van der Waals surface area contributed by atoms with Gasteiger partial charge in [0.05, 0.1) is 4.90 Å². The van der Waals surface area contributed by atoms with E-state index in [2.05, 4.69) is 10.6 Å². The maximum absolute atomic E-state index is 12.2. The van der Waals surface area contributed by atoms with Crippen LogP contribution in [0.2, 0.25) is 0 Å². The van der Waals surface area contributed by atoms with Gasteiger partial charge in [-0.05, 0) is 44.5 Å². The van der Waals surface area contributed by atoms with E-state index in [9.17, 15) is 13.2 Å². The van der Waals surface area contributed by atoms with E-state index in [0.717, 1.165) is 25.6 Å². The zero-order valence-corrected chi connectivity index (χ0v) is 13.8. The van der Waals surface area contributed by atoms with Gasteiger partial charge in [-0.3, -0.25) is 4.79 Å². The van der Waals surface area contributed by atoms with E-state index in [4.69, 9.17) is 0 Å². The number of hydrogen-bond donors (Lipinski definition) is 2. The van der Waals surface area contributed by atoms with Crippen LogP contribution in [0.3, 0.4) is 0 Å². The number of nitrogens with one attached hydrogen (secondary N) is 2. The molecule has 2 N–H and O–H groups in total. The van der Waals surface area contributed by atoms with Gasteiger partial charge in [-0.25, -0.2) is 8.42 Å². The van der Waals surface area contributed by atoms with Gasteiger partial charge in [0.15, 0.2) is 9.84 Å². The summed E-state index contributed by atoms with van der Waals surface area (Å²) in [6.07, 6.45) is 3.10. The van der Waals surface area contributed by atoms with Crippen molar-refractivity contribution in [3.8, 4) is 0 Å². The third-order valence-corrected chi connectivity index (χ3v) is 4.71. The average molecular weight is 333 g/mol. The van der Waals surface area contributed by atoms with Gasteiger partial charge in [0.25, 0.3) is 5.91 Å². The molecule has 1 aliphatic rings. The lowest BCUT2D eigenvalue weighted by Crippen LogP contribution is -2.51. The molecule has 7 heteroatoms. The molecule has 0 aromatic heterocycles. The minimum atomic E-state index is -3.30. The number of carbonyl (C=O) groups is 1. The summed E-state index contributed by atoms with van der Waals surface area (Å²) in [5, 5.41) is 6.28. The molecule has 2 atom stereocenters. The van der Waals surface area contributed by atoms with Crippen LogP contribution in [0.4, 0.5) is 0 Å². The van der Waals surface area contributed by atoms with Gasteiger partial charge in [0.2, 0.25) is 0 Å². The van der Waals surface area contributed by atoms with Crippen molar-refractivity contribution < 1.29 is 13.2 Å². The van der Waals surface area contributed by atoms with Crippen molar-refractivity contribution in [1.82, 2.24) is 10.6 Å². The number of piperidine rings is 1. The summed E-state index contributed by atoms with van der Waals surface area (Å²) in [7, 11) is -3.30. The van der Waals surface area contributed by atoms with Gasteiger partial charge in [0.1, 0.15) is 0 Å². The number of amides is 1. The van der Waals surface area contributed by atoms with Crippen molar-refractivity contribution in [3.63, 3.8) is 0 Å². The second kappa shape index (κ2) is 7.24. The standard InChI is InChI=1S/C14H20N2O3S.ClH/c1-10-13(7-4-8-15-10)16-14(17)11-5-3-6-12(9-11)20(2,18)19;/h3,5-6,9-10,13,15H,4,7-8H2,1-2H3,(H,16,17);1H. The van der Waals surface area contributed by atoms with Crippen LogP contribution in [0.15, 0.2) is 29.2 Å². The van der Waals surface area contributed by atoms with Gasteiger partial charge in [-0.15, -0.1) is 12.4 Å². The van der Waals surface area contributed by atoms with Gasteiger partial charge in [0, 0.05) is 23.9 Å². The zero-order chi connectivity index (χ0) is 14.8. The Balaban J connectivity index is 0.00000220. The summed E-state index contributed by atoms with van der Waals surface area (Å²) in [5.41, 5.74) is 0.380. The lowest BCUT2D eigenvalue weighted by molar-refractivity contribution is 0.0919. The van der Waals surface area contributed by atoms with Crippen molar-refractivity contribution in [2.24, 2.45) is 0 Å². The average Bonchev–Trinajstić information content (AvgIpc) is 2.40. The molecule has 1 amide bonds. The molecular weight excluding hydrogens is 312 g/mol. The molecule has 1 heterocycles. The number of benzene rings is 1. The summed E-state index contributed by atoms with van der Waals surface area (Å²) in [4.78, 5) is 12.4. The lowest BCUT2D eigenvalue weighted by Gasteiger charge is -2.30. The van der Waals surface area contributed by atoms with Gasteiger partial charge >= 0.3 is 0 Å². The van der Waals surface area contributed by atoms with E-state index >= 15 is 0 Å². The second-order valence-corrected chi connectivity index (χ2v) is 7.28. The monoisotopic (exact) mass is 332 g/mol. The number of halogens is 1. The second-order valence-electron chi connectivity index (χ2n) is 5.26. The van der Waals surface area contributed by atoms with Crippen molar-refractivity contribution in [2.75, 3.05) is 12.8 Å². The highest BCUT2D eigenvalue weighted by Crippen LogP contribution is 2.13. The third kappa shape index (κ3) is 4.69. The van der Waals surface area contributed by atoms with E-state index in [1.54, 1.807) is 12.1 Å². The fraction of sp³-hybridized carbons (Fsp3) is 0.500. The molecule has 2 unspecified atom stereocenters. The van der Waals surface area contributed by atoms with Crippen LogP contribution in [0.25, 0.3) is 0 Å². The van der Waals surface area contributed by atoms with Crippen molar-refractivity contribution >= 4 is 28.2 Å². The topological polar surface area (TPSA) is 75.3 Å². The first-order valence-electron chi connectivity index (χ1n) is 6.72. The van der Waals surface area contributed by atoms with Crippen molar-refractivity contribution in [1.29, 1.82) is 0 Å². The molecule has 1 aromatic rings. The van der Waals surface area contributed by atoms with Crippen LogP contribution >= 0.6 is 12.4 Å². The van der Waals surface area contributed by atoms with E-state index in [0.29, 0.717) is 5.56 Å². The van der Waals surface area contributed by atoms with E-state index in [1.807, 2.05) is 6.92 Å². The summed E-state index contributed by atoms with van der Waals surface area (Å²) < 4.78 is 23.0. The molecule has 1 saturated heterocycles. The van der Waals surface area contributed by atoms with E-state index in [1.165, 1.54) is 12.1 Å². The Labute approximate surface area is 131 Å². The van der Waals surface area contributed by atoms with Crippen LogP contribution in [0.5, 0.6) is 0 Å². The zero-order valence-electron chi connectivity index (χ0n) is 12.1. The molecule has 0 aliphatic carbocycles. The summed E-state index contributed by atoms with van der Waals surface area (Å²) in [5.74, 6) is -0.226. The highest BCUT2D eigenvalue weighted by atomic mass is 35.5. The van der Waals surface area contributed by atoms with E-state index < -0.39 is 9.84 Å². The Bertz CT molecular complexity index is 604. The highest BCUT2D eigenvalue weighted by molar-refractivity contribution is 7.90. The molecule has 0 saturated carbocycles. The van der Waals surface area contributed by atoms with Crippen LogP contribution in [0, 0.1) is 0 Å². The Kier molecular flexibility index (Phi) is 6.19. The largest absolute Gasteiger partial charge is 0.348 e. The molecule has 21 heavy (non-hydrogen) atoms. The molecule has 1 aromatic carbocycles. The number of sulfone groups is 1. The quantitative estimate of drug-likeness (QED) is 0.877. The maximum Gasteiger partial charge on any atom is 0.251 e. The van der Waals surface area contributed by atoms with Crippen LogP contribution < -0.4 is 10.6 Å². The van der Waals surface area contributed by atoms with Crippen molar-refractivity contribution in [3.05, 3.63) is 29.8 Å². The molecule has 5 nitrogen and oxygen atoms in total. The third-order valence-electron chi connectivity index (χ3n) is 3.60. The summed E-state index contributed by atoms with van der Waals surface area (Å²) in [6, 6.07) is 6.45. The Hall–Kier alpha value is -1.11. The summed E-state index contributed by atoms with van der Waals surface area (Å²) >= 11 is 0. The lowest BCUT2D eigenvalue weighted by atomic mass is 9.99. The molecule has 1 fully saturated rings. The Morgan fingerprint density at radius 2 is 2.10 bits per heavy atom. The molecule has 0 spiro atoms. The van der Waals surface area contributed by atoms with Crippen LogP contribution in [-0.4, -0.2) is 39.2 Å². The first-order chi connectivity index (χ1) is 9.38. The fourth-order valence-electron chi connectivity index (χ4n) is 2.36. The molecule has 0 radical (unpaired) electrons. The number of hydrogen-bond acceptors (Lipinski definition) is 4. The fourth-order valence-corrected chi connectivity index (χ4v) is 3.03. The van der Waals surface area contributed by atoms with Gasteiger partial charge < -0.3 is 10.6 Å². The van der Waals surface area contributed by atoms with Gasteiger partial charge in [-0.2, -0.15) is 0 Å². The number of rotatable bonds is 3. The molecule has 2 rings (SSSR count). The van der Waals surface area contributed by atoms with Crippen LogP contribution in [-0.2, 0) is 9.84 Å². The normalized spacial score (nSPS) is 22.2. The maximum atomic E-state index is 12.2. The minimum absolute atomic E-state index is 0. The minimum Gasteiger partial charge on any atom is -0.348 e. The predicted molar refractivity (Wildman–Crippen MR) is 84.8 cm³/mol. The molecule has 0 bridgehead atoms. The molecular formula is C14H21ClN2O3S. The Morgan fingerprint density at radius 1 is 1.38 bits per heavy atom. The predicted octanol–water partition coefficient (Wildman–Crippen LogP) is 1.38. The molecule has 118 valence electrons. The highest BCUT2D eigenvalue weighted by Gasteiger charge is 2.23. The number of carbonyl (C=O) groups excluding carboxylic acids is 1. The van der Waals surface area contributed by atoms with E-state index in [-0.39, 0.29) is 35.3 Å². The van der Waals surface area contributed by atoms with Crippen molar-refractivity contribution in [2.45, 2.75) is 36.7 Å². The first-order valence-corrected chi connectivity index (χ1v) is 8.61. The summed E-state index contributed by atoms with van der Waals surface area (Å²) in [6.45, 7) is 3.01. The first kappa shape index (κ1) is 17.9. The smallest absolute Gasteiger partial charge is 0.251 e. The van der Waals surface area contributed by atoms with Crippen LogP contribution in [0.1, 0.15) is 30.1 Å². The van der Waals surface area contributed by atoms with Gasteiger partial charge in [-0.1, -0.05) is 6.07 Å². The molecule has 1 aliphatic heterocycles. The Morgan fingerprint density at radius 3 is 2.71 bits per heavy atom.